The molecule has 0 aliphatic carbocycles. The Morgan fingerprint density at radius 2 is 1.68 bits per heavy atom. The van der Waals surface area contributed by atoms with E-state index in [2.05, 4.69) is 26.1 Å². The van der Waals surface area contributed by atoms with Crippen molar-refractivity contribution >= 4 is 14.4 Å². The summed E-state index contributed by atoms with van der Waals surface area (Å²) in [6.07, 6.45) is -9.26. The zero-order valence-electron chi connectivity index (χ0n) is 22.9. The molecule has 0 spiro atoms. The number of benzene rings is 1. The van der Waals surface area contributed by atoms with Crippen LogP contribution in [0, 0.1) is 5.92 Å². The lowest BCUT2D eigenvalue weighted by Crippen LogP contribution is -2.59. The maximum Gasteiger partial charge on any atom is 0.407 e. The average Bonchev–Trinajstić information content (AvgIpc) is 3.15. The fraction of sp³-hybridized carbons (Fsp3) is 0.731. The third-order valence-corrected chi connectivity index (χ3v) is 12.1. The zero-order chi connectivity index (χ0) is 28.3. The Balaban J connectivity index is 1.65. The van der Waals surface area contributed by atoms with E-state index >= 15 is 0 Å². The van der Waals surface area contributed by atoms with Gasteiger partial charge in [0.2, 0.25) is 0 Å². The van der Waals surface area contributed by atoms with Crippen LogP contribution in [0.15, 0.2) is 30.3 Å². The summed E-state index contributed by atoms with van der Waals surface area (Å²) >= 11 is 0. The second kappa shape index (κ2) is 12.7. The standard InChI is InChI=1S/C26H43NO10Si/c1-15-19(29)20(30)17(12-27-25(32)33-14-16-10-8-7-9-11-16)35-24(15)36-21-18(13-28)34-23(31)22(21)37-38(5,6)26(2,3)4/h7-11,15,17-24,28-31H,12-14H2,1-6H3,(H,27,32)/t15-,17+,18-,19-,20-,21-,22-,23-,24-/m1/s1. The summed E-state index contributed by atoms with van der Waals surface area (Å²) in [6, 6.07) is 9.18. The van der Waals surface area contributed by atoms with E-state index in [0.29, 0.717) is 0 Å². The maximum absolute atomic E-state index is 12.2. The number of carbonyl (C=O) groups excluding carboxylic acids is 1. The molecule has 1 aromatic rings. The van der Waals surface area contributed by atoms with Gasteiger partial charge in [0.25, 0.3) is 0 Å². The number of alkyl carbamates (subject to hydrolysis) is 1. The van der Waals surface area contributed by atoms with E-state index in [-0.39, 0.29) is 18.2 Å². The zero-order valence-corrected chi connectivity index (χ0v) is 23.9. The lowest BCUT2D eigenvalue weighted by atomic mass is 9.92. The topological polar surface area (TPSA) is 156 Å². The van der Waals surface area contributed by atoms with Gasteiger partial charge in [-0.15, -0.1) is 0 Å². The lowest BCUT2D eigenvalue weighted by Gasteiger charge is -2.44. The number of aliphatic hydroxyl groups excluding tert-OH is 4. The molecule has 1 amide bonds. The maximum atomic E-state index is 12.2. The van der Waals surface area contributed by atoms with Gasteiger partial charge in [0, 0.05) is 12.5 Å². The molecule has 2 fully saturated rings. The summed E-state index contributed by atoms with van der Waals surface area (Å²) < 4.78 is 29.3. The van der Waals surface area contributed by atoms with Gasteiger partial charge in [-0.2, -0.15) is 0 Å². The van der Waals surface area contributed by atoms with Crippen molar-refractivity contribution in [3.8, 4) is 0 Å². The molecule has 2 saturated heterocycles. The van der Waals surface area contributed by atoms with Crippen LogP contribution in [0.4, 0.5) is 4.79 Å². The molecule has 2 aliphatic rings. The van der Waals surface area contributed by atoms with Crippen molar-refractivity contribution in [2.24, 2.45) is 5.92 Å². The number of ether oxygens (including phenoxy) is 4. The van der Waals surface area contributed by atoms with Gasteiger partial charge in [0.1, 0.15) is 37.1 Å². The number of hydrogen-bond donors (Lipinski definition) is 5. The third-order valence-electron chi connectivity index (χ3n) is 7.66. The predicted octanol–water partition coefficient (Wildman–Crippen LogP) is 1.48. The molecule has 216 valence electrons. The van der Waals surface area contributed by atoms with E-state index in [1.165, 1.54) is 0 Å². The molecule has 5 N–H and O–H groups in total. The minimum absolute atomic E-state index is 0.0777. The summed E-state index contributed by atoms with van der Waals surface area (Å²) in [6.45, 7) is 11.4. The smallest absolute Gasteiger partial charge is 0.407 e. The Morgan fingerprint density at radius 3 is 2.29 bits per heavy atom. The van der Waals surface area contributed by atoms with Crippen LogP contribution in [0.3, 0.4) is 0 Å². The van der Waals surface area contributed by atoms with Crippen LogP contribution in [0.5, 0.6) is 0 Å². The van der Waals surface area contributed by atoms with Gasteiger partial charge in [-0.3, -0.25) is 0 Å². The van der Waals surface area contributed by atoms with Crippen LogP contribution in [0.25, 0.3) is 0 Å². The van der Waals surface area contributed by atoms with Crippen LogP contribution in [0.2, 0.25) is 18.1 Å². The predicted molar refractivity (Wildman–Crippen MR) is 139 cm³/mol. The molecule has 0 bridgehead atoms. The Bertz CT molecular complexity index is 898. The van der Waals surface area contributed by atoms with Gasteiger partial charge >= 0.3 is 6.09 Å². The first-order valence-corrected chi connectivity index (χ1v) is 15.9. The van der Waals surface area contributed by atoms with Gasteiger partial charge < -0.3 is 49.1 Å². The molecule has 0 radical (unpaired) electrons. The van der Waals surface area contributed by atoms with Gasteiger partial charge in [0.15, 0.2) is 20.9 Å². The normalized spacial score (nSPS) is 34.2. The van der Waals surface area contributed by atoms with E-state index in [4.69, 9.17) is 23.4 Å². The molecule has 12 heteroatoms. The van der Waals surface area contributed by atoms with Crippen LogP contribution >= 0.6 is 0 Å². The van der Waals surface area contributed by atoms with Crippen molar-refractivity contribution in [3.63, 3.8) is 0 Å². The lowest BCUT2D eigenvalue weighted by molar-refractivity contribution is -0.295. The Labute approximate surface area is 225 Å². The van der Waals surface area contributed by atoms with Crippen molar-refractivity contribution in [1.29, 1.82) is 0 Å². The second-order valence-electron chi connectivity index (χ2n) is 11.5. The minimum atomic E-state index is -2.37. The highest BCUT2D eigenvalue weighted by Crippen LogP contribution is 2.40. The monoisotopic (exact) mass is 557 g/mol. The summed E-state index contributed by atoms with van der Waals surface area (Å²) in [7, 11) is -2.37. The number of hydrogen-bond acceptors (Lipinski definition) is 10. The molecule has 2 aliphatic heterocycles. The van der Waals surface area contributed by atoms with Crippen LogP contribution in [0.1, 0.15) is 33.3 Å². The Kier molecular flexibility index (Phi) is 10.3. The van der Waals surface area contributed by atoms with Gasteiger partial charge in [-0.1, -0.05) is 58.0 Å². The van der Waals surface area contributed by atoms with E-state index < -0.39 is 76.1 Å². The number of nitrogens with one attached hydrogen (secondary N) is 1. The number of rotatable bonds is 9. The molecule has 3 rings (SSSR count). The van der Waals surface area contributed by atoms with E-state index in [1.807, 2.05) is 43.4 Å². The summed E-state index contributed by atoms with van der Waals surface area (Å²) in [5.41, 5.74) is 0.822. The Hall–Kier alpha value is -1.61. The van der Waals surface area contributed by atoms with Crippen molar-refractivity contribution in [1.82, 2.24) is 5.32 Å². The number of aliphatic hydroxyl groups is 4. The fourth-order valence-corrected chi connectivity index (χ4v) is 5.45. The van der Waals surface area contributed by atoms with Gasteiger partial charge in [-0.05, 0) is 23.7 Å². The molecule has 0 saturated carbocycles. The molecule has 1 aromatic carbocycles. The van der Waals surface area contributed by atoms with Crippen LogP contribution in [-0.4, -0.2) is 97.2 Å². The molecule has 0 aromatic heterocycles. The quantitative estimate of drug-likeness (QED) is 0.282. The fourth-order valence-electron chi connectivity index (χ4n) is 4.17. The first kappa shape index (κ1) is 30.9. The summed E-state index contributed by atoms with van der Waals surface area (Å²) in [5, 5.41) is 44.2. The highest BCUT2D eigenvalue weighted by molar-refractivity contribution is 6.74. The number of carbonyl (C=O) groups is 1. The summed E-state index contributed by atoms with van der Waals surface area (Å²) in [4.78, 5) is 12.2. The van der Waals surface area contributed by atoms with Crippen LogP contribution in [-0.2, 0) is 30.0 Å². The summed E-state index contributed by atoms with van der Waals surface area (Å²) in [5.74, 6) is -0.670. The number of amides is 1. The third kappa shape index (κ3) is 7.32. The highest BCUT2D eigenvalue weighted by atomic mass is 28.4. The molecule has 9 atom stereocenters. The molecule has 38 heavy (non-hydrogen) atoms. The first-order valence-electron chi connectivity index (χ1n) is 13.0. The van der Waals surface area contributed by atoms with Gasteiger partial charge in [0.05, 0.1) is 12.7 Å². The van der Waals surface area contributed by atoms with Crippen molar-refractivity contribution in [2.75, 3.05) is 13.2 Å². The highest BCUT2D eigenvalue weighted by Gasteiger charge is 2.53. The second-order valence-corrected chi connectivity index (χ2v) is 16.3. The van der Waals surface area contributed by atoms with Crippen molar-refractivity contribution in [2.45, 2.75) is 102 Å². The van der Waals surface area contributed by atoms with E-state index in [1.54, 1.807) is 6.92 Å². The first-order chi connectivity index (χ1) is 17.7. The Morgan fingerprint density at radius 1 is 1.03 bits per heavy atom. The molecule has 2 heterocycles. The molecule has 0 unspecified atom stereocenters. The SMILES string of the molecule is C[C@H]1[C@@H](O[C@H]2[C@@H](O[Si](C)(C)C(C)(C)C)[C@H](O)O[C@@H]2CO)O[C@@H](CNC(=O)OCc2ccccc2)[C@@H](O)[C@@H]1O. The van der Waals surface area contributed by atoms with Crippen molar-refractivity contribution in [3.05, 3.63) is 35.9 Å². The average molecular weight is 558 g/mol. The largest absolute Gasteiger partial charge is 0.445 e. The molecular formula is C26H43NO10Si. The van der Waals surface area contributed by atoms with Gasteiger partial charge in [-0.25, -0.2) is 4.79 Å². The van der Waals surface area contributed by atoms with Crippen molar-refractivity contribution < 1.29 is 48.6 Å². The van der Waals surface area contributed by atoms with E-state index in [9.17, 15) is 25.2 Å². The molecular weight excluding hydrogens is 514 g/mol. The molecule has 11 nitrogen and oxygen atoms in total. The van der Waals surface area contributed by atoms with E-state index in [0.717, 1.165) is 5.56 Å². The minimum Gasteiger partial charge on any atom is -0.445 e. The van der Waals surface area contributed by atoms with Crippen LogP contribution < -0.4 is 5.32 Å².